The summed E-state index contributed by atoms with van der Waals surface area (Å²) >= 11 is 0. The molecule has 0 saturated carbocycles. The summed E-state index contributed by atoms with van der Waals surface area (Å²) in [6.45, 7) is 4.90. The molecule has 1 N–H and O–H groups in total. The number of benzene rings is 1. The Kier molecular flexibility index (Phi) is 3.08. The lowest BCUT2D eigenvalue weighted by Crippen LogP contribution is -2.29. The molecule has 0 fully saturated rings. The second-order valence-electron chi connectivity index (χ2n) is 3.52. The van der Waals surface area contributed by atoms with Gasteiger partial charge in [0.05, 0.1) is 4.92 Å². The highest BCUT2D eigenvalue weighted by Crippen LogP contribution is 2.28. The first-order valence-electron chi connectivity index (χ1n) is 4.53. The minimum absolute atomic E-state index is 0.133. The maximum absolute atomic E-state index is 11.1. The molecule has 1 unspecified atom stereocenters. The van der Waals surface area contributed by atoms with Crippen LogP contribution >= 0.6 is 0 Å². The van der Waals surface area contributed by atoms with Gasteiger partial charge >= 0.3 is 5.97 Å². The van der Waals surface area contributed by atoms with Gasteiger partial charge in [0, 0.05) is 12.1 Å². The summed E-state index contributed by atoms with van der Waals surface area (Å²) in [5.74, 6) is -1.09. The van der Waals surface area contributed by atoms with Gasteiger partial charge in [-0.2, -0.15) is 0 Å². The highest BCUT2D eigenvalue weighted by molar-refractivity contribution is 5.83. The van der Waals surface area contributed by atoms with Gasteiger partial charge in [-0.3, -0.25) is 14.9 Å². The number of non-ortho nitro benzene ring substituents is 1. The molecule has 84 valence electrons. The van der Waals surface area contributed by atoms with Gasteiger partial charge in [-0.05, 0) is 12.5 Å². The van der Waals surface area contributed by atoms with E-state index < -0.39 is 16.3 Å². The van der Waals surface area contributed by atoms with Crippen molar-refractivity contribution in [2.45, 2.75) is 12.3 Å². The molecule has 0 saturated heterocycles. The highest BCUT2D eigenvalue weighted by Gasteiger charge is 2.32. The van der Waals surface area contributed by atoms with Gasteiger partial charge < -0.3 is 5.11 Å². The molecule has 0 heterocycles. The predicted molar refractivity (Wildman–Crippen MR) is 58.3 cm³/mol. The van der Waals surface area contributed by atoms with Crippen LogP contribution in [0.2, 0.25) is 0 Å². The number of hydrogen-bond acceptors (Lipinski definition) is 3. The number of carbonyl (C=O) groups is 1. The van der Waals surface area contributed by atoms with E-state index in [1.807, 2.05) is 0 Å². The van der Waals surface area contributed by atoms with Crippen LogP contribution in [0.15, 0.2) is 36.9 Å². The van der Waals surface area contributed by atoms with Crippen LogP contribution in [0.1, 0.15) is 12.5 Å². The first kappa shape index (κ1) is 11.9. The molecule has 5 heteroatoms. The summed E-state index contributed by atoms with van der Waals surface area (Å²) in [7, 11) is 0. The minimum Gasteiger partial charge on any atom is -0.480 e. The standard InChI is InChI=1S/C11H11NO4/c1-3-11(2,10(13)14)8-5-4-6-9(7-8)12(15)16/h3-7H,1H2,2H3,(H,13,14). The zero-order valence-corrected chi connectivity index (χ0v) is 8.71. The Morgan fingerprint density at radius 3 is 2.69 bits per heavy atom. The average Bonchev–Trinajstić information content (AvgIpc) is 2.27. The van der Waals surface area contributed by atoms with E-state index >= 15 is 0 Å². The van der Waals surface area contributed by atoms with Crippen LogP contribution in [0.5, 0.6) is 0 Å². The van der Waals surface area contributed by atoms with Gasteiger partial charge in [0.15, 0.2) is 0 Å². The smallest absolute Gasteiger partial charge is 0.317 e. The number of carboxylic acid groups (broad SMARTS) is 1. The zero-order valence-electron chi connectivity index (χ0n) is 8.71. The molecule has 0 radical (unpaired) electrons. The van der Waals surface area contributed by atoms with E-state index in [1.165, 1.54) is 37.3 Å². The first-order valence-corrected chi connectivity index (χ1v) is 4.53. The third-order valence-electron chi connectivity index (χ3n) is 2.51. The third-order valence-corrected chi connectivity index (χ3v) is 2.51. The number of rotatable bonds is 4. The number of nitrogens with zero attached hydrogens (tertiary/aromatic N) is 1. The Morgan fingerprint density at radius 2 is 2.25 bits per heavy atom. The lowest BCUT2D eigenvalue weighted by molar-refractivity contribution is -0.384. The second-order valence-corrected chi connectivity index (χ2v) is 3.52. The Hall–Kier alpha value is -2.17. The van der Waals surface area contributed by atoms with Crippen molar-refractivity contribution in [3.63, 3.8) is 0 Å². The zero-order chi connectivity index (χ0) is 12.3. The van der Waals surface area contributed by atoms with Crippen molar-refractivity contribution < 1.29 is 14.8 Å². The maximum Gasteiger partial charge on any atom is 0.317 e. The molecule has 1 aromatic rings. The Balaban J connectivity index is 3.32. The molecule has 0 aliphatic carbocycles. The SMILES string of the molecule is C=CC(C)(C(=O)O)c1cccc([N+](=O)[O-])c1. The van der Waals surface area contributed by atoms with Gasteiger partial charge in [-0.15, -0.1) is 6.58 Å². The first-order chi connectivity index (χ1) is 7.41. The fourth-order valence-electron chi connectivity index (χ4n) is 1.27. The van der Waals surface area contributed by atoms with E-state index in [4.69, 9.17) is 5.11 Å². The van der Waals surface area contributed by atoms with Crippen LogP contribution in [-0.4, -0.2) is 16.0 Å². The molecule has 5 nitrogen and oxygen atoms in total. The van der Waals surface area contributed by atoms with Crippen LogP contribution in [0.3, 0.4) is 0 Å². The quantitative estimate of drug-likeness (QED) is 0.479. The lowest BCUT2D eigenvalue weighted by atomic mass is 9.82. The molecule has 0 aliphatic heterocycles. The van der Waals surface area contributed by atoms with E-state index in [9.17, 15) is 14.9 Å². The summed E-state index contributed by atoms with van der Waals surface area (Å²) in [6.07, 6.45) is 1.26. The molecule has 1 atom stereocenters. The summed E-state index contributed by atoms with van der Waals surface area (Å²) < 4.78 is 0. The molecule has 1 rings (SSSR count). The average molecular weight is 221 g/mol. The molecule has 0 bridgehead atoms. The van der Waals surface area contributed by atoms with Gasteiger partial charge in [0.1, 0.15) is 5.41 Å². The summed E-state index contributed by atoms with van der Waals surface area (Å²) in [5, 5.41) is 19.6. The molecule has 0 amide bonds. The van der Waals surface area contributed by atoms with Crippen molar-refractivity contribution in [2.24, 2.45) is 0 Å². The summed E-state index contributed by atoms with van der Waals surface area (Å²) in [4.78, 5) is 21.1. The van der Waals surface area contributed by atoms with Crippen molar-refractivity contribution in [2.75, 3.05) is 0 Å². The molecule has 1 aromatic carbocycles. The number of aliphatic carboxylic acids is 1. The topological polar surface area (TPSA) is 80.4 Å². The van der Waals surface area contributed by atoms with Gasteiger partial charge in [-0.25, -0.2) is 0 Å². The molecule has 0 aromatic heterocycles. The second kappa shape index (κ2) is 4.14. The Morgan fingerprint density at radius 1 is 1.62 bits per heavy atom. The number of nitro groups is 1. The van der Waals surface area contributed by atoms with Crippen molar-refractivity contribution in [1.82, 2.24) is 0 Å². The van der Waals surface area contributed by atoms with Gasteiger partial charge in [0.2, 0.25) is 0 Å². The molecular formula is C11H11NO4. The van der Waals surface area contributed by atoms with E-state index in [0.717, 1.165) is 0 Å². The van der Waals surface area contributed by atoms with Crippen molar-refractivity contribution in [3.05, 3.63) is 52.6 Å². The minimum atomic E-state index is -1.31. The van der Waals surface area contributed by atoms with E-state index in [-0.39, 0.29) is 5.69 Å². The van der Waals surface area contributed by atoms with Crippen LogP contribution in [0, 0.1) is 10.1 Å². The van der Waals surface area contributed by atoms with Crippen LogP contribution in [-0.2, 0) is 10.2 Å². The summed E-state index contributed by atoms with van der Waals surface area (Å²) in [5.41, 5.74) is -1.11. The lowest BCUT2D eigenvalue weighted by Gasteiger charge is -2.20. The number of carboxylic acids is 1. The maximum atomic E-state index is 11.1. The van der Waals surface area contributed by atoms with E-state index in [2.05, 4.69) is 6.58 Å². The van der Waals surface area contributed by atoms with Crippen molar-refractivity contribution >= 4 is 11.7 Å². The Bertz CT molecular complexity index is 455. The fraction of sp³-hybridized carbons (Fsp3) is 0.182. The van der Waals surface area contributed by atoms with Crippen molar-refractivity contribution in [1.29, 1.82) is 0 Å². The van der Waals surface area contributed by atoms with Gasteiger partial charge in [-0.1, -0.05) is 18.2 Å². The molecule has 0 aliphatic rings. The number of hydrogen-bond donors (Lipinski definition) is 1. The summed E-state index contributed by atoms with van der Waals surface area (Å²) in [6, 6.07) is 5.55. The molecule has 16 heavy (non-hydrogen) atoms. The van der Waals surface area contributed by atoms with Crippen molar-refractivity contribution in [3.8, 4) is 0 Å². The monoisotopic (exact) mass is 221 g/mol. The van der Waals surface area contributed by atoms with Gasteiger partial charge in [0.25, 0.3) is 5.69 Å². The fourth-order valence-corrected chi connectivity index (χ4v) is 1.27. The Labute approximate surface area is 92.2 Å². The predicted octanol–water partition coefficient (Wildman–Crippen LogP) is 2.12. The van der Waals surface area contributed by atoms with Crippen LogP contribution in [0.25, 0.3) is 0 Å². The van der Waals surface area contributed by atoms with Crippen LogP contribution in [0.4, 0.5) is 5.69 Å². The molecule has 0 spiro atoms. The molecular weight excluding hydrogens is 210 g/mol. The highest BCUT2D eigenvalue weighted by atomic mass is 16.6. The largest absolute Gasteiger partial charge is 0.480 e. The van der Waals surface area contributed by atoms with Crippen LogP contribution < -0.4 is 0 Å². The van der Waals surface area contributed by atoms with E-state index in [0.29, 0.717) is 5.56 Å². The normalized spacial score (nSPS) is 13.8. The van der Waals surface area contributed by atoms with E-state index in [1.54, 1.807) is 0 Å². The third kappa shape index (κ3) is 1.93. The number of nitro benzene ring substituents is 1.